The van der Waals surface area contributed by atoms with Crippen LogP contribution in [-0.2, 0) is 9.84 Å². The van der Waals surface area contributed by atoms with Crippen molar-refractivity contribution in [2.45, 2.75) is 36.0 Å². The van der Waals surface area contributed by atoms with Crippen LogP contribution in [0.2, 0.25) is 0 Å². The van der Waals surface area contributed by atoms with Gasteiger partial charge in [0.05, 0.1) is 21.2 Å². The van der Waals surface area contributed by atoms with E-state index in [1.54, 1.807) is 0 Å². The largest absolute Gasteiger partial charge is 0.507 e. The summed E-state index contributed by atoms with van der Waals surface area (Å²) in [6.45, 7) is 2.78. The van der Waals surface area contributed by atoms with Crippen LogP contribution in [0.5, 0.6) is 5.75 Å². The smallest absolute Gasteiger partial charge is 0.180 e. The van der Waals surface area contributed by atoms with Crippen molar-refractivity contribution in [2.24, 2.45) is 5.92 Å². The standard InChI is InChI=1S/C20H25NO3S2/c1-3-4-8-15-13-21(16-9-6-5-7-10-16)17-11-19(25-2)18(22)12-20(17)26(23,24)14-15/h5-7,9-12,15,22H,3-4,8,13-14H2,1-2H3/t15-/m1/s1. The zero-order valence-corrected chi connectivity index (χ0v) is 16.8. The Morgan fingerprint density at radius 3 is 2.62 bits per heavy atom. The monoisotopic (exact) mass is 391 g/mol. The minimum Gasteiger partial charge on any atom is -0.507 e. The fourth-order valence-corrected chi connectivity index (χ4v) is 5.84. The molecule has 0 aromatic heterocycles. The third-order valence-corrected chi connectivity index (χ3v) is 7.49. The quantitative estimate of drug-likeness (QED) is 0.739. The number of rotatable bonds is 5. The predicted octanol–water partition coefficient (Wildman–Crippen LogP) is 4.85. The molecule has 140 valence electrons. The molecule has 0 aliphatic carbocycles. The Labute approximate surface area is 160 Å². The molecule has 26 heavy (non-hydrogen) atoms. The Kier molecular flexibility index (Phi) is 5.82. The molecular formula is C20H25NO3S2. The number of thioether (sulfide) groups is 1. The molecular weight excluding hydrogens is 366 g/mol. The van der Waals surface area contributed by atoms with Gasteiger partial charge < -0.3 is 10.0 Å². The van der Waals surface area contributed by atoms with Gasteiger partial charge in [-0.05, 0) is 36.8 Å². The molecule has 0 amide bonds. The molecule has 2 aromatic rings. The SMILES string of the molecule is CCCC[C@@H]1CN(c2ccccc2)c2cc(SC)c(O)cc2S(=O)(=O)C1. The molecule has 6 heteroatoms. The topological polar surface area (TPSA) is 57.6 Å². The van der Waals surface area contributed by atoms with E-state index in [1.165, 1.54) is 17.8 Å². The Bertz CT molecular complexity index is 866. The molecule has 0 saturated carbocycles. The van der Waals surface area contributed by atoms with Crippen molar-refractivity contribution in [3.63, 3.8) is 0 Å². The summed E-state index contributed by atoms with van der Waals surface area (Å²) in [5.74, 6) is 0.216. The highest BCUT2D eigenvalue weighted by Gasteiger charge is 2.33. The van der Waals surface area contributed by atoms with Crippen LogP contribution in [0, 0.1) is 5.92 Å². The number of phenolic OH excluding ortho intramolecular Hbond substituents is 1. The van der Waals surface area contributed by atoms with E-state index in [0.717, 1.165) is 24.9 Å². The van der Waals surface area contributed by atoms with Crippen LogP contribution < -0.4 is 4.90 Å². The first-order valence-electron chi connectivity index (χ1n) is 8.92. The van der Waals surface area contributed by atoms with Crippen LogP contribution in [0.1, 0.15) is 26.2 Å². The maximum atomic E-state index is 13.1. The van der Waals surface area contributed by atoms with Crippen molar-refractivity contribution in [3.8, 4) is 5.75 Å². The van der Waals surface area contributed by atoms with Gasteiger partial charge in [-0.1, -0.05) is 38.0 Å². The van der Waals surface area contributed by atoms with E-state index < -0.39 is 9.84 Å². The van der Waals surface area contributed by atoms with Gasteiger partial charge in [-0.2, -0.15) is 0 Å². The zero-order chi connectivity index (χ0) is 18.7. The van der Waals surface area contributed by atoms with Gasteiger partial charge in [0.25, 0.3) is 0 Å². The highest BCUT2D eigenvalue weighted by Crippen LogP contribution is 2.42. The van der Waals surface area contributed by atoms with Gasteiger partial charge in [0.2, 0.25) is 0 Å². The van der Waals surface area contributed by atoms with Crippen LogP contribution >= 0.6 is 11.8 Å². The number of fused-ring (bicyclic) bond motifs is 1. The van der Waals surface area contributed by atoms with Crippen LogP contribution in [0.3, 0.4) is 0 Å². The molecule has 2 aromatic carbocycles. The van der Waals surface area contributed by atoms with Gasteiger partial charge in [0.15, 0.2) is 9.84 Å². The van der Waals surface area contributed by atoms with Gasteiger partial charge in [-0.25, -0.2) is 8.42 Å². The van der Waals surface area contributed by atoms with Crippen molar-refractivity contribution in [2.75, 3.05) is 23.5 Å². The summed E-state index contributed by atoms with van der Waals surface area (Å²) in [4.78, 5) is 3.02. The lowest BCUT2D eigenvalue weighted by Gasteiger charge is -2.27. The van der Waals surface area contributed by atoms with Gasteiger partial charge in [-0.3, -0.25) is 0 Å². The summed E-state index contributed by atoms with van der Waals surface area (Å²) in [6.07, 6.45) is 4.82. The molecule has 0 fully saturated rings. The Balaban J connectivity index is 2.17. The minimum atomic E-state index is -3.46. The number of hydrogen-bond acceptors (Lipinski definition) is 5. The molecule has 4 nitrogen and oxygen atoms in total. The van der Waals surface area contributed by atoms with E-state index in [2.05, 4.69) is 11.8 Å². The number of hydrogen-bond donors (Lipinski definition) is 1. The molecule has 0 radical (unpaired) electrons. The molecule has 3 rings (SSSR count). The van der Waals surface area contributed by atoms with Crippen LogP contribution in [-0.4, -0.2) is 32.1 Å². The Morgan fingerprint density at radius 2 is 1.96 bits per heavy atom. The van der Waals surface area contributed by atoms with Crippen molar-refractivity contribution in [1.29, 1.82) is 0 Å². The molecule has 1 heterocycles. The summed E-state index contributed by atoms with van der Waals surface area (Å²) in [5, 5.41) is 10.3. The third-order valence-electron chi connectivity index (χ3n) is 4.82. The molecule has 0 spiro atoms. The lowest BCUT2D eigenvalue weighted by molar-refractivity contribution is 0.460. The summed E-state index contributed by atoms with van der Waals surface area (Å²) in [7, 11) is -3.46. The maximum Gasteiger partial charge on any atom is 0.180 e. The van der Waals surface area contributed by atoms with E-state index in [1.807, 2.05) is 42.7 Å². The number of para-hydroxylation sites is 1. The molecule has 0 saturated heterocycles. The second-order valence-corrected chi connectivity index (χ2v) is 9.58. The molecule has 1 aliphatic heterocycles. The normalized spacial score (nSPS) is 19.0. The van der Waals surface area contributed by atoms with E-state index in [0.29, 0.717) is 17.1 Å². The average molecular weight is 392 g/mol. The van der Waals surface area contributed by atoms with E-state index in [4.69, 9.17) is 0 Å². The number of anilines is 2. The van der Waals surface area contributed by atoms with Crippen LogP contribution in [0.4, 0.5) is 11.4 Å². The summed E-state index contributed by atoms with van der Waals surface area (Å²) >= 11 is 1.42. The molecule has 1 aliphatic rings. The first-order chi connectivity index (χ1) is 12.5. The third kappa shape index (κ3) is 3.86. The molecule has 0 unspecified atom stereocenters. The number of benzene rings is 2. The number of unbranched alkanes of at least 4 members (excludes halogenated alkanes) is 1. The van der Waals surface area contributed by atoms with Gasteiger partial charge >= 0.3 is 0 Å². The van der Waals surface area contributed by atoms with E-state index in [9.17, 15) is 13.5 Å². The number of nitrogens with zero attached hydrogens (tertiary/aromatic N) is 1. The summed E-state index contributed by atoms with van der Waals surface area (Å²) in [6, 6.07) is 13.1. The highest BCUT2D eigenvalue weighted by molar-refractivity contribution is 7.98. The summed E-state index contributed by atoms with van der Waals surface area (Å²) in [5.41, 5.74) is 1.64. The first-order valence-corrected chi connectivity index (χ1v) is 11.8. The lowest BCUT2D eigenvalue weighted by Crippen LogP contribution is -2.26. The van der Waals surface area contributed by atoms with Gasteiger partial charge in [-0.15, -0.1) is 11.8 Å². The number of sulfone groups is 1. The molecule has 1 atom stereocenters. The Morgan fingerprint density at radius 1 is 1.23 bits per heavy atom. The highest BCUT2D eigenvalue weighted by atomic mass is 32.2. The fraction of sp³-hybridized carbons (Fsp3) is 0.400. The van der Waals surface area contributed by atoms with Gasteiger partial charge in [0.1, 0.15) is 5.75 Å². The van der Waals surface area contributed by atoms with Crippen LogP contribution in [0.25, 0.3) is 0 Å². The number of phenols is 1. The van der Waals surface area contributed by atoms with E-state index in [-0.39, 0.29) is 22.3 Å². The maximum absolute atomic E-state index is 13.1. The van der Waals surface area contributed by atoms with Crippen molar-refractivity contribution < 1.29 is 13.5 Å². The minimum absolute atomic E-state index is 0.0276. The second-order valence-electron chi connectivity index (χ2n) is 6.73. The zero-order valence-electron chi connectivity index (χ0n) is 15.2. The van der Waals surface area contributed by atoms with Crippen molar-refractivity contribution >= 4 is 33.0 Å². The fourth-order valence-electron chi connectivity index (χ4n) is 3.49. The van der Waals surface area contributed by atoms with Crippen LogP contribution in [0.15, 0.2) is 52.3 Å². The summed E-state index contributed by atoms with van der Waals surface area (Å²) < 4.78 is 26.1. The average Bonchev–Trinajstić information content (AvgIpc) is 2.74. The lowest BCUT2D eigenvalue weighted by atomic mass is 10.0. The van der Waals surface area contributed by atoms with E-state index >= 15 is 0 Å². The van der Waals surface area contributed by atoms with Crippen molar-refractivity contribution in [1.82, 2.24) is 0 Å². The Hall–Kier alpha value is -1.66. The number of aromatic hydroxyl groups is 1. The first kappa shape index (κ1) is 19.1. The molecule has 0 bridgehead atoms. The molecule has 1 N–H and O–H groups in total. The second kappa shape index (κ2) is 7.92. The van der Waals surface area contributed by atoms with Gasteiger partial charge in [0, 0.05) is 18.3 Å². The predicted molar refractivity (Wildman–Crippen MR) is 108 cm³/mol. The van der Waals surface area contributed by atoms with Crippen molar-refractivity contribution in [3.05, 3.63) is 42.5 Å².